The van der Waals surface area contributed by atoms with Crippen LogP contribution in [0.5, 0.6) is 0 Å². The second-order valence-electron chi connectivity index (χ2n) is 0.772. The summed E-state index contributed by atoms with van der Waals surface area (Å²) in [4.78, 5) is 3.44. The zero-order valence-corrected chi connectivity index (χ0v) is 3.06. The molecule has 2 heteroatoms. The molecule has 0 aromatic carbocycles. The molecule has 28 valence electrons. The first-order chi connectivity index (χ1) is 3.00. The average Bonchev–Trinajstić information content (AvgIpc) is 1.72. The second kappa shape index (κ2) is 1.33. The van der Waals surface area contributed by atoms with E-state index >= 15 is 0 Å². The van der Waals surface area contributed by atoms with Crippen molar-refractivity contribution in [2.75, 3.05) is 6.61 Å². The van der Waals surface area contributed by atoms with Crippen LogP contribution in [0.15, 0.2) is 0 Å². The molecule has 0 aromatic rings. The van der Waals surface area contributed by atoms with Gasteiger partial charge in [-0.05, 0) is 0 Å². The van der Waals surface area contributed by atoms with E-state index < -0.39 is 0 Å². The topological polar surface area (TPSA) is 13.6 Å². The van der Waals surface area contributed by atoms with Gasteiger partial charge < -0.3 is 4.74 Å². The Morgan fingerprint density at radius 3 is 2.83 bits per heavy atom. The third-order valence-electron chi connectivity index (χ3n) is 0.389. The molecule has 0 aromatic heterocycles. The first-order valence-electron chi connectivity index (χ1n) is 1.54. The minimum Gasteiger partial charge on any atom is -0.421 e. The van der Waals surface area contributed by atoms with E-state index in [2.05, 4.69) is 27.8 Å². The Labute approximate surface area is 35.5 Å². The molecule has 0 atom stereocenters. The summed E-state index contributed by atoms with van der Waals surface area (Å²) in [5.74, 6) is 0. The largest absolute Gasteiger partial charge is 0.421 e. The monoisotopic (exact) mass is 80.0 g/mol. The molecule has 1 aliphatic heterocycles. The van der Waals surface area contributed by atoms with Gasteiger partial charge in [-0.2, -0.15) is 0 Å². The first kappa shape index (κ1) is 3.06. The van der Waals surface area contributed by atoms with Gasteiger partial charge in [0.2, 0.25) is 12.7 Å². The summed E-state index contributed by atoms with van der Waals surface area (Å²) in [5, 5.41) is 0. The smallest absolute Gasteiger partial charge is 0.418 e. The van der Waals surface area contributed by atoms with Gasteiger partial charge in [-0.1, -0.05) is 0 Å². The Bertz CT molecular complexity index is 132. The lowest BCUT2D eigenvalue weighted by Gasteiger charge is -1.75. The van der Waals surface area contributed by atoms with Gasteiger partial charge in [0.25, 0.3) is 0 Å². The fraction of sp³-hybridized carbons (Fsp3) is 0.250. The maximum absolute atomic E-state index is 4.50. The van der Waals surface area contributed by atoms with Gasteiger partial charge in [-0.25, -0.2) is 0 Å². The van der Waals surface area contributed by atoms with E-state index in [1.807, 2.05) is 0 Å². The fourth-order valence-corrected chi connectivity index (χ4v) is 0.195. The molecule has 0 radical (unpaired) electrons. The van der Waals surface area contributed by atoms with Crippen LogP contribution in [0.2, 0.25) is 0 Å². The standard InChI is InChI=1S/C4H2NO/c1-3-6-4-2-5-1/h3H2/q+1. The highest BCUT2D eigenvalue weighted by Crippen LogP contribution is 1.73. The summed E-state index contributed by atoms with van der Waals surface area (Å²) in [5.41, 5.74) is 0. The predicted molar refractivity (Wildman–Crippen MR) is 21.0 cm³/mol. The van der Waals surface area contributed by atoms with Crippen molar-refractivity contribution in [3.05, 3.63) is 4.85 Å². The van der Waals surface area contributed by atoms with Gasteiger partial charge in [-0.15, -0.1) is 0 Å². The number of nitrogens with zero attached hydrogens (tertiary/aromatic N) is 1. The van der Waals surface area contributed by atoms with Gasteiger partial charge in [0, 0.05) is 4.85 Å². The van der Waals surface area contributed by atoms with Crippen molar-refractivity contribution < 1.29 is 4.74 Å². The lowest BCUT2D eigenvalue weighted by Crippen LogP contribution is -1.82. The number of hydrogen-bond acceptors (Lipinski definition) is 1. The molecule has 0 fully saturated rings. The van der Waals surface area contributed by atoms with E-state index in [0.717, 1.165) is 0 Å². The SMILES string of the molecule is C1#COCC#[N+]1. The summed E-state index contributed by atoms with van der Waals surface area (Å²) >= 11 is 0. The molecular formula is C4H2NO+. The molecule has 0 spiro atoms. The molecule has 2 nitrogen and oxygen atoms in total. The molecule has 1 aliphatic rings. The Balaban J connectivity index is 2.67. The van der Waals surface area contributed by atoms with Crippen LogP contribution in [0.1, 0.15) is 0 Å². The van der Waals surface area contributed by atoms with E-state index in [4.69, 9.17) is 0 Å². The predicted octanol–water partition coefficient (Wildman–Crippen LogP) is 0.268. The van der Waals surface area contributed by atoms with Crippen LogP contribution in [0.3, 0.4) is 0 Å². The lowest BCUT2D eigenvalue weighted by molar-refractivity contribution is 0.326. The van der Waals surface area contributed by atoms with Crippen LogP contribution in [0, 0.1) is 18.2 Å². The second-order valence-corrected chi connectivity index (χ2v) is 0.772. The fourth-order valence-electron chi connectivity index (χ4n) is 0.195. The van der Waals surface area contributed by atoms with E-state index in [1.54, 1.807) is 0 Å². The number of hydrogen-bond donors (Lipinski definition) is 0. The molecule has 0 unspecified atom stereocenters. The van der Waals surface area contributed by atoms with E-state index in [0.29, 0.717) is 6.61 Å². The van der Waals surface area contributed by atoms with Crippen LogP contribution in [0.4, 0.5) is 0 Å². The average molecular weight is 80.1 g/mol. The molecule has 0 saturated heterocycles. The van der Waals surface area contributed by atoms with Gasteiger partial charge in [0.1, 0.15) is 0 Å². The molecule has 0 amide bonds. The van der Waals surface area contributed by atoms with Crippen LogP contribution >= 0.6 is 0 Å². The summed E-state index contributed by atoms with van der Waals surface area (Å²) in [7, 11) is 0. The zero-order chi connectivity index (χ0) is 4.24. The molecule has 0 aliphatic carbocycles. The molecule has 0 N–H and O–H groups in total. The van der Waals surface area contributed by atoms with Crippen molar-refractivity contribution in [2.45, 2.75) is 0 Å². The Hall–Kier alpha value is -1.15. The van der Waals surface area contributed by atoms with Crippen LogP contribution in [-0.4, -0.2) is 6.61 Å². The summed E-state index contributed by atoms with van der Waals surface area (Å²) < 4.78 is 4.50. The van der Waals surface area contributed by atoms with Gasteiger partial charge in [-0.3, -0.25) is 0 Å². The number of ether oxygens (including phenoxy) is 1. The molecular weight excluding hydrogens is 78.0 g/mol. The van der Waals surface area contributed by atoms with Crippen molar-refractivity contribution >= 4 is 0 Å². The minimum atomic E-state index is 0.410. The maximum Gasteiger partial charge on any atom is 0.418 e. The molecule has 0 saturated carbocycles. The van der Waals surface area contributed by atoms with E-state index in [9.17, 15) is 0 Å². The van der Waals surface area contributed by atoms with Crippen molar-refractivity contribution in [1.82, 2.24) is 0 Å². The Kier molecular flexibility index (Phi) is 0.677. The van der Waals surface area contributed by atoms with Crippen molar-refractivity contribution in [1.29, 1.82) is 0 Å². The van der Waals surface area contributed by atoms with Crippen molar-refractivity contribution in [2.24, 2.45) is 0 Å². The zero-order valence-electron chi connectivity index (χ0n) is 3.06. The first-order valence-corrected chi connectivity index (χ1v) is 1.54. The van der Waals surface area contributed by atoms with Gasteiger partial charge in [0.15, 0.2) is 0 Å². The van der Waals surface area contributed by atoms with Gasteiger partial charge in [0.05, 0.1) is 0 Å². The summed E-state index contributed by atoms with van der Waals surface area (Å²) in [6.07, 6.45) is 2.31. The third-order valence-corrected chi connectivity index (χ3v) is 0.389. The molecule has 6 heavy (non-hydrogen) atoms. The highest BCUT2D eigenvalue weighted by molar-refractivity contribution is 5.11. The normalized spacial score (nSPS) is 12.0. The van der Waals surface area contributed by atoms with Crippen LogP contribution in [-0.2, 0) is 4.74 Å². The van der Waals surface area contributed by atoms with Crippen LogP contribution < -0.4 is 0 Å². The third kappa shape index (κ3) is 0.415. The van der Waals surface area contributed by atoms with Gasteiger partial charge >= 0.3 is 12.1 Å². The molecule has 1 rings (SSSR count). The molecule has 1 heterocycles. The van der Waals surface area contributed by atoms with E-state index in [1.165, 1.54) is 0 Å². The van der Waals surface area contributed by atoms with Crippen molar-refractivity contribution in [3.8, 4) is 18.2 Å². The highest BCUT2D eigenvalue weighted by Gasteiger charge is 1.88. The Morgan fingerprint density at radius 2 is 2.67 bits per heavy atom. The molecule has 0 bridgehead atoms. The van der Waals surface area contributed by atoms with Crippen molar-refractivity contribution in [3.63, 3.8) is 0 Å². The maximum atomic E-state index is 4.50. The van der Waals surface area contributed by atoms with E-state index in [-0.39, 0.29) is 0 Å². The quantitative estimate of drug-likeness (QED) is 0.381. The summed E-state index contributed by atoms with van der Waals surface area (Å²) in [6.45, 7) is 0.410. The minimum absolute atomic E-state index is 0.410. The number of rotatable bonds is 0. The summed E-state index contributed by atoms with van der Waals surface area (Å²) in [6, 6.07) is 4.84. The Morgan fingerprint density at radius 1 is 1.67 bits per heavy atom. The highest BCUT2D eigenvalue weighted by atomic mass is 16.5. The lowest BCUT2D eigenvalue weighted by atomic mass is 10.8. The van der Waals surface area contributed by atoms with Crippen LogP contribution in [0.25, 0.3) is 4.85 Å².